The predicted molar refractivity (Wildman–Crippen MR) is 74.1 cm³/mol. The molecule has 0 atom stereocenters. The first kappa shape index (κ1) is 13.7. The maximum atomic E-state index is 11.0. The van der Waals surface area contributed by atoms with Crippen molar-refractivity contribution in [2.24, 2.45) is 5.73 Å². The highest BCUT2D eigenvalue weighted by atomic mass is 16.6. The van der Waals surface area contributed by atoms with Gasteiger partial charge in [-0.1, -0.05) is 19.3 Å². The molecular formula is C13H20N4O2. The average Bonchev–Trinajstić information content (AvgIpc) is 2.38. The molecule has 1 fully saturated rings. The molecule has 0 bridgehead atoms. The molecule has 6 heteroatoms. The fraction of sp³-hybridized carbons (Fsp3) is 0.615. The Hall–Kier alpha value is -1.69. The lowest BCUT2D eigenvalue weighted by Gasteiger charge is -2.33. The molecule has 1 heterocycles. The summed E-state index contributed by atoms with van der Waals surface area (Å²) >= 11 is 0. The highest BCUT2D eigenvalue weighted by Gasteiger charge is 2.28. The highest BCUT2D eigenvalue weighted by Crippen LogP contribution is 2.28. The van der Waals surface area contributed by atoms with E-state index < -0.39 is 4.92 Å². The first-order valence-electron chi connectivity index (χ1n) is 6.64. The predicted octanol–water partition coefficient (Wildman–Crippen LogP) is 2.37. The van der Waals surface area contributed by atoms with Crippen molar-refractivity contribution in [3.8, 4) is 0 Å². The number of aryl methyl sites for hydroxylation is 1. The minimum absolute atomic E-state index is 0.0133. The third-order valence-electron chi connectivity index (χ3n) is 3.66. The van der Waals surface area contributed by atoms with Crippen LogP contribution in [0.2, 0.25) is 0 Å². The van der Waals surface area contributed by atoms with Crippen molar-refractivity contribution in [1.82, 2.24) is 4.98 Å². The Labute approximate surface area is 112 Å². The first-order chi connectivity index (χ1) is 9.00. The third kappa shape index (κ3) is 3.41. The molecule has 19 heavy (non-hydrogen) atoms. The summed E-state index contributed by atoms with van der Waals surface area (Å²) in [5.74, 6) is 0.311. The van der Waals surface area contributed by atoms with Gasteiger partial charge in [-0.15, -0.1) is 0 Å². The standard InChI is InChI=1S/C13H20N4O2/c1-10-7-11(17(18)19)12(15-8-10)16-9-13(14)5-3-2-4-6-13/h7-8H,2-6,9,14H2,1H3,(H,15,16). The van der Waals surface area contributed by atoms with Gasteiger partial charge in [0.2, 0.25) is 5.82 Å². The van der Waals surface area contributed by atoms with E-state index >= 15 is 0 Å². The normalized spacial score (nSPS) is 18.0. The lowest BCUT2D eigenvalue weighted by atomic mass is 9.82. The number of hydrogen-bond acceptors (Lipinski definition) is 5. The van der Waals surface area contributed by atoms with E-state index in [1.807, 2.05) is 0 Å². The minimum atomic E-state index is -0.410. The van der Waals surface area contributed by atoms with Crippen LogP contribution < -0.4 is 11.1 Å². The van der Waals surface area contributed by atoms with Crippen LogP contribution in [0.3, 0.4) is 0 Å². The number of nitrogens with two attached hydrogens (primary N) is 1. The van der Waals surface area contributed by atoms with Gasteiger partial charge in [0, 0.05) is 24.3 Å². The van der Waals surface area contributed by atoms with Crippen LogP contribution in [0.15, 0.2) is 12.3 Å². The smallest absolute Gasteiger partial charge is 0.311 e. The van der Waals surface area contributed by atoms with Crippen molar-refractivity contribution in [3.05, 3.63) is 27.9 Å². The first-order valence-corrected chi connectivity index (χ1v) is 6.64. The van der Waals surface area contributed by atoms with Crippen molar-refractivity contribution in [1.29, 1.82) is 0 Å². The molecule has 1 aromatic heterocycles. The second-order valence-electron chi connectivity index (χ2n) is 5.41. The van der Waals surface area contributed by atoms with Crippen LogP contribution in [0.1, 0.15) is 37.7 Å². The maximum absolute atomic E-state index is 11.0. The van der Waals surface area contributed by atoms with Gasteiger partial charge in [-0.25, -0.2) is 4.98 Å². The van der Waals surface area contributed by atoms with Gasteiger partial charge in [-0.3, -0.25) is 10.1 Å². The van der Waals surface area contributed by atoms with Crippen molar-refractivity contribution in [2.45, 2.75) is 44.6 Å². The number of hydrogen-bond donors (Lipinski definition) is 2. The number of aromatic nitrogens is 1. The van der Waals surface area contributed by atoms with Crippen molar-refractivity contribution in [2.75, 3.05) is 11.9 Å². The summed E-state index contributed by atoms with van der Waals surface area (Å²) in [7, 11) is 0. The molecule has 0 amide bonds. The van der Waals surface area contributed by atoms with E-state index in [1.54, 1.807) is 13.1 Å². The van der Waals surface area contributed by atoms with E-state index in [0.29, 0.717) is 12.4 Å². The van der Waals surface area contributed by atoms with Gasteiger partial charge < -0.3 is 11.1 Å². The molecule has 6 nitrogen and oxygen atoms in total. The zero-order chi connectivity index (χ0) is 13.9. The summed E-state index contributed by atoms with van der Waals surface area (Å²) in [5.41, 5.74) is 6.83. The van der Waals surface area contributed by atoms with Gasteiger partial charge in [-0.2, -0.15) is 0 Å². The van der Waals surface area contributed by atoms with Crippen LogP contribution in [0, 0.1) is 17.0 Å². The zero-order valence-corrected chi connectivity index (χ0v) is 11.2. The maximum Gasteiger partial charge on any atom is 0.311 e. The average molecular weight is 264 g/mol. The summed E-state index contributed by atoms with van der Waals surface area (Å²) in [4.78, 5) is 14.7. The molecule has 1 aliphatic rings. The molecule has 1 saturated carbocycles. The Morgan fingerprint density at radius 1 is 1.47 bits per heavy atom. The summed E-state index contributed by atoms with van der Waals surface area (Å²) in [6.07, 6.45) is 7.02. The van der Waals surface area contributed by atoms with Crippen LogP contribution >= 0.6 is 0 Å². The number of nitrogens with one attached hydrogen (secondary N) is 1. The van der Waals surface area contributed by atoms with Crippen LogP contribution in [-0.2, 0) is 0 Å². The Kier molecular flexibility index (Phi) is 3.99. The topological polar surface area (TPSA) is 94.1 Å². The molecule has 0 saturated heterocycles. The molecule has 2 rings (SSSR count). The number of rotatable bonds is 4. The van der Waals surface area contributed by atoms with Crippen molar-refractivity contribution < 1.29 is 4.92 Å². The van der Waals surface area contributed by atoms with E-state index in [-0.39, 0.29) is 11.2 Å². The Bertz CT molecular complexity index is 470. The molecule has 104 valence electrons. The molecule has 1 aliphatic carbocycles. The van der Waals surface area contributed by atoms with E-state index in [4.69, 9.17) is 5.73 Å². The lowest BCUT2D eigenvalue weighted by Crippen LogP contribution is -2.47. The second kappa shape index (κ2) is 5.52. The Balaban J connectivity index is 2.08. The number of anilines is 1. The van der Waals surface area contributed by atoms with E-state index in [2.05, 4.69) is 10.3 Å². The fourth-order valence-corrected chi connectivity index (χ4v) is 2.52. The van der Waals surface area contributed by atoms with Gasteiger partial charge in [0.15, 0.2) is 0 Å². The van der Waals surface area contributed by atoms with Crippen LogP contribution in [-0.4, -0.2) is 22.0 Å². The van der Waals surface area contributed by atoms with Crippen LogP contribution in [0.5, 0.6) is 0 Å². The Morgan fingerprint density at radius 2 is 2.16 bits per heavy atom. The fourth-order valence-electron chi connectivity index (χ4n) is 2.52. The van der Waals surface area contributed by atoms with Gasteiger partial charge in [0.1, 0.15) is 0 Å². The Morgan fingerprint density at radius 3 is 2.79 bits per heavy atom. The molecule has 0 radical (unpaired) electrons. The molecule has 0 spiro atoms. The van der Waals surface area contributed by atoms with Crippen molar-refractivity contribution >= 4 is 11.5 Å². The zero-order valence-electron chi connectivity index (χ0n) is 11.2. The van der Waals surface area contributed by atoms with E-state index in [1.165, 1.54) is 12.5 Å². The number of pyridine rings is 1. The molecule has 0 unspecified atom stereocenters. The molecule has 1 aromatic rings. The van der Waals surface area contributed by atoms with E-state index in [9.17, 15) is 10.1 Å². The number of nitrogens with zero attached hydrogens (tertiary/aromatic N) is 2. The third-order valence-corrected chi connectivity index (χ3v) is 3.66. The molecule has 0 aliphatic heterocycles. The molecular weight excluding hydrogens is 244 g/mol. The van der Waals surface area contributed by atoms with Crippen LogP contribution in [0.25, 0.3) is 0 Å². The monoisotopic (exact) mass is 264 g/mol. The van der Waals surface area contributed by atoms with Gasteiger partial charge >= 0.3 is 5.69 Å². The van der Waals surface area contributed by atoms with Gasteiger partial charge in [0.25, 0.3) is 0 Å². The SMILES string of the molecule is Cc1cnc(NCC2(N)CCCCC2)c([N+](=O)[O-])c1. The van der Waals surface area contributed by atoms with Crippen LogP contribution in [0.4, 0.5) is 11.5 Å². The lowest BCUT2D eigenvalue weighted by molar-refractivity contribution is -0.384. The largest absolute Gasteiger partial charge is 0.362 e. The van der Waals surface area contributed by atoms with Gasteiger partial charge in [-0.05, 0) is 25.3 Å². The minimum Gasteiger partial charge on any atom is -0.362 e. The van der Waals surface area contributed by atoms with E-state index in [0.717, 1.165) is 31.2 Å². The highest BCUT2D eigenvalue weighted by molar-refractivity contribution is 5.56. The molecule has 0 aromatic carbocycles. The van der Waals surface area contributed by atoms with Crippen molar-refractivity contribution in [3.63, 3.8) is 0 Å². The quantitative estimate of drug-likeness (QED) is 0.643. The summed E-state index contributed by atoms with van der Waals surface area (Å²) in [6, 6.07) is 1.53. The summed E-state index contributed by atoms with van der Waals surface area (Å²) in [5, 5.41) is 14.1. The second-order valence-corrected chi connectivity index (χ2v) is 5.41. The summed E-state index contributed by atoms with van der Waals surface area (Å²) < 4.78 is 0. The molecule has 3 N–H and O–H groups in total. The summed E-state index contributed by atoms with van der Waals surface area (Å²) in [6.45, 7) is 2.32. The van der Waals surface area contributed by atoms with Gasteiger partial charge in [0.05, 0.1) is 4.92 Å². The number of nitro groups is 1.